The average Bonchev–Trinajstić information content (AvgIpc) is 3.06. The molecule has 2 aliphatic heterocycles. The molecule has 0 saturated carbocycles. The zero-order chi connectivity index (χ0) is 20.7. The van der Waals surface area contributed by atoms with E-state index in [-0.39, 0.29) is 5.78 Å². The van der Waals surface area contributed by atoms with Gasteiger partial charge in [0, 0.05) is 36.6 Å². The van der Waals surface area contributed by atoms with Crippen molar-refractivity contribution in [2.45, 2.75) is 26.9 Å². The number of allylic oxidation sites excluding steroid dienone is 1. The molecule has 5 nitrogen and oxygen atoms in total. The van der Waals surface area contributed by atoms with Crippen molar-refractivity contribution in [1.29, 1.82) is 0 Å². The van der Waals surface area contributed by atoms with Crippen LogP contribution in [0.2, 0.25) is 0 Å². The number of carbonyl (C=O) groups excluding carboxylic acids is 1. The van der Waals surface area contributed by atoms with Crippen LogP contribution in [-0.2, 0) is 13.1 Å². The summed E-state index contributed by atoms with van der Waals surface area (Å²) in [6.45, 7) is 5.92. The van der Waals surface area contributed by atoms with Crippen LogP contribution in [0.5, 0.6) is 11.5 Å². The van der Waals surface area contributed by atoms with Gasteiger partial charge in [-0.05, 0) is 48.7 Å². The Morgan fingerprint density at radius 1 is 1.13 bits per heavy atom. The average molecular weight is 398 g/mol. The number of rotatable bonds is 3. The third-order valence-electron chi connectivity index (χ3n) is 5.61. The molecule has 5 rings (SSSR count). The normalized spacial score (nSPS) is 16.7. The second-order valence-electron chi connectivity index (χ2n) is 7.78. The SMILES string of the molecule is Cc1ccccc1/C=C1\Oc2c(cc3c(c2C)OCN(Cc2cccnc2)C3)C1=O. The van der Waals surface area contributed by atoms with Gasteiger partial charge in [0.1, 0.15) is 18.2 Å². The highest BCUT2D eigenvalue weighted by atomic mass is 16.5. The maximum atomic E-state index is 13.1. The van der Waals surface area contributed by atoms with Crippen LogP contribution in [0.1, 0.15) is 38.2 Å². The smallest absolute Gasteiger partial charge is 0.231 e. The Morgan fingerprint density at radius 2 is 2.00 bits per heavy atom. The molecular weight excluding hydrogens is 376 g/mol. The summed E-state index contributed by atoms with van der Waals surface area (Å²) in [5.41, 5.74) is 5.71. The molecule has 0 N–H and O–H groups in total. The fraction of sp³-hybridized carbons (Fsp3) is 0.200. The van der Waals surface area contributed by atoms with Crippen LogP contribution in [0, 0.1) is 13.8 Å². The van der Waals surface area contributed by atoms with E-state index < -0.39 is 0 Å². The molecule has 0 unspecified atom stereocenters. The first-order valence-electron chi connectivity index (χ1n) is 10.0. The van der Waals surface area contributed by atoms with E-state index in [0.717, 1.165) is 40.1 Å². The van der Waals surface area contributed by atoms with E-state index in [1.54, 1.807) is 6.20 Å². The molecule has 0 saturated heterocycles. The number of nitrogens with zero attached hydrogens (tertiary/aromatic N) is 2. The number of pyridine rings is 1. The van der Waals surface area contributed by atoms with Crippen molar-refractivity contribution in [1.82, 2.24) is 9.88 Å². The highest BCUT2D eigenvalue weighted by Gasteiger charge is 2.33. The molecular formula is C25H22N2O3. The molecule has 1 aromatic heterocycles. The standard InChI is InChI=1S/C25H22N2O3/c1-16-6-3-4-8-19(16)11-22-23(28)21-10-20-14-27(13-18-7-5-9-26-12-18)15-29-24(20)17(2)25(21)30-22/h3-12H,13-15H2,1-2H3/b22-11-. The molecule has 5 heteroatoms. The highest BCUT2D eigenvalue weighted by Crippen LogP contribution is 2.43. The van der Waals surface area contributed by atoms with Gasteiger partial charge in [-0.3, -0.25) is 14.7 Å². The van der Waals surface area contributed by atoms with Gasteiger partial charge < -0.3 is 9.47 Å². The second-order valence-corrected chi connectivity index (χ2v) is 7.78. The predicted octanol–water partition coefficient (Wildman–Crippen LogP) is 4.67. The number of ketones is 1. The minimum absolute atomic E-state index is 0.0801. The minimum atomic E-state index is -0.0801. The van der Waals surface area contributed by atoms with Crippen molar-refractivity contribution in [3.63, 3.8) is 0 Å². The predicted molar refractivity (Wildman–Crippen MR) is 114 cm³/mol. The summed E-state index contributed by atoms with van der Waals surface area (Å²) in [6, 6.07) is 13.9. The third kappa shape index (κ3) is 3.27. The van der Waals surface area contributed by atoms with Crippen molar-refractivity contribution in [3.05, 3.63) is 94.0 Å². The molecule has 2 aromatic carbocycles. The van der Waals surface area contributed by atoms with Gasteiger partial charge in [-0.2, -0.15) is 0 Å². The van der Waals surface area contributed by atoms with Crippen molar-refractivity contribution in [2.24, 2.45) is 0 Å². The molecule has 30 heavy (non-hydrogen) atoms. The van der Waals surface area contributed by atoms with Gasteiger partial charge in [-0.15, -0.1) is 0 Å². The van der Waals surface area contributed by atoms with Crippen molar-refractivity contribution < 1.29 is 14.3 Å². The minimum Gasteiger partial charge on any atom is -0.477 e. The zero-order valence-electron chi connectivity index (χ0n) is 17.0. The van der Waals surface area contributed by atoms with E-state index in [2.05, 4.69) is 16.0 Å². The number of Topliss-reactive ketones (excluding diaryl/α,β-unsaturated/α-hetero) is 1. The van der Waals surface area contributed by atoms with E-state index >= 15 is 0 Å². The van der Waals surface area contributed by atoms with Crippen LogP contribution in [0.3, 0.4) is 0 Å². The Kier molecular flexibility index (Phi) is 4.60. The highest BCUT2D eigenvalue weighted by molar-refractivity contribution is 6.15. The van der Waals surface area contributed by atoms with Gasteiger partial charge in [0.05, 0.1) is 5.56 Å². The van der Waals surface area contributed by atoms with Crippen molar-refractivity contribution in [3.8, 4) is 11.5 Å². The number of hydrogen-bond acceptors (Lipinski definition) is 5. The monoisotopic (exact) mass is 398 g/mol. The largest absolute Gasteiger partial charge is 0.477 e. The summed E-state index contributed by atoms with van der Waals surface area (Å²) in [6.07, 6.45) is 5.46. The van der Waals surface area contributed by atoms with Crippen LogP contribution in [0.25, 0.3) is 6.08 Å². The third-order valence-corrected chi connectivity index (χ3v) is 5.61. The number of aromatic nitrogens is 1. The first kappa shape index (κ1) is 18.6. The zero-order valence-corrected chi connectivity index (χ0v) is 17.0. The molecule has 2 aliphatic rings. The van der Waals surface area contributed by atoms with Crippen LogP contribution in [-0.4, -0.2) is 22.4 Å². The van der Waals surface area contributed by atoms with Crippen LogP contribution in [0.15, 0.2) is 60.6 Å². The molecule has 0 bridgehead atoms. The van der Waals surface area contributed by atoms with Gasteiger partial charge in [0.25, 0.3) is 0 Å². The maximum Gasteiger partial charge on any atom is 0.231 e. The van der Waals surface area contributed by atoms with Crippen LogP contribution < -0.4 is 9.47 Å². The summed E-state index contributed by atoms with van der Waals surface area (Å²) in [5.74, 6) is 1.71. The van der Waals surface area contributed by atoms with E-state index in [4.69, 9.17) is 9.47 Å². The second kappa shape index (κ2) is 7.43. The van der Waals surface area contributed by atoms with Crippen molar-refractivity contribution in [2.75, 3.05) is 6.73 Å². The summed E-state index contributed by atoms with van der Waals surface area (Å²) >= 11 is 0. The molecule has 0 atom stereocenters. The lowest BCUT2D eigenvalue weighted by atomic mass is 9.99. The molecule has 0 amide bonds. The van der Waals surface area contributed by atoms with Gasteiger partial charge in [-0.25, -0.2) is 0 Å². The lowest BCUT2D eigenvalue weighted by molar-refractivity contribution is 0.0876. The molecule has 0 spiro atoms. The maximum absolute atomic E-state index is 13.1. The number of aryl methyl sites for hydroxylation is 1. The molecule has 0 aliphatic carbocycles. The molecule has 3 heterocycles. The first-order valence-corrected chi connectivity index (χ1v) is 10.0. The quantitative estimate of drug-likeness (QED) is 0.600. The Morgan fingerprint density at radius 3 is 2.80 bits per heavy atom. The summed E-state index contributed by atoms with van der Waals surface area (Å²) in [5, 5.41) is 0. The Balaban J connectivity index is 1.44. The van der Waals surface area contributed by atoms with E-state index in [0.29, 0.717) is 30.3 Å². The summed E-state index contributed by atoms with van der Waals surface area (Å²) in [7, 11) is 0. The summed E-state index contributed by atoms with van der Waals surface area (Å²) < 4.78 is 12.1. The van der Waals surface area contributed by atoms with Gasteiger partial charge >= 0.3 is 0 Å². The Hall–Kier alpha value is -3.44. The fourth-order valence-electron chi connectivity index (χ4n) is 4.04. The fourth-order valence-corrected chi connectivity index (χ4v) is 4.04. The lowest BCUT2D eigenvalue weighted by Gasteiger charge is -2.30. The molecule has 3 aromatic rings. The molecule has 150 valence electrons. The van der Waals surface area contributed by atoms with Crippen LogP contribution in [0.4, 0.5) is 0 Å². The van der Waals surface area contributed by atoms with Gasteiger partial charge in [-0.1, -0.05) is 30.3 Å². The lowest BCUT2D eigenvalue weighted by Crippen LogP contribution is -2.32. The number of fused-ring (bicyclic) bond motifs is 2. The molecule has 0 radical (unpaired) electrons. The first-order chi connectivity index (χ1) is 14.6. The molecule has 0 fully saturated rings. The Bertz CT molecular complexity index is 1170. The van der Waals surface area contributed by atoms with Crippen molar-refractivity contribution >= 4 is 11.9 Å². The van der Waals surface area contributed by atoms with E-state index in [1.165, 1.54) is 0 Å². The van der Waals surface area contributed by atoms with Gasteiger partial charge in [0.15, 0.2) is 5.76 Å². The van der Waals surface area contributed by atoms with Crippen LogP contribution >= 0.6 is 0 Å². The number of hydrogen-bond donors (Lipinski definition) is 0. The summed E-state index contributed by atoms with van der Waals surface area (Å²) in [4.78, 5) is 19.4. The van der Waals surface area contributed by atoms with E-state index in [9.17, 15) is 4.79 Å². The Labute approximate surface area is 175 Å². The number of carbonyl (C=O) groups is 1. The number of benzene rings is 2. The number of ether oxygens (including phenoxy) is 2. The topological polar surface area (TPSA) is 51.7 Å². The van der Waals surface area contributed by atoms with Gasteiger partial charge in [0.2, 0.25) is 5.78 Å². The van der Waals surface area contributed by atoms with E-state index in [1.807, 2.05) is 62.5 Å².